The first-order chi connectivity index (χ1) is 13.0. The van der Waals surface area contributed by atoms with Gasteiger partial charge in [-0.05, 0) is 31.7 Å². The zero-order valence-electron chi connectivity index (χ0n) is 15.4. The van der Waals surface area contributed by atoms with Crippen molar-refractivity contribution >= 4 is 5.91 Å². The summed E-state index contributed by atoms with van der Waals surface area (Å²) in [5, 5.41) is 24.1. The largest absolute Gasteiger partial charge is 0.393 e. The van der Waals surface area contributed by atoms with Crippen LogP contribution in [-0.2, 0) is 7.05 Å². The fourth-order valence-electron chi connectivity index (χ4n) is 3.67. The van der Waals surface area contributed by atoms with Crippen LogP contribution in [0.2, 0.25) is 0 Å². The van der Waals surface area contributed by atoms with Crippen molar-refractivity contribution in [2.75, 3.05) is 0 Å². The highest BCUT2D eigenvalue weighted by atomic mass is 16.3. The molecule has 0 spiro atoms. The molecule has 1 aliphatic carbocycles. The van der Waals surface area contributed by atoms with Crippen molar-refractivity contribution < 1.29 is 9.90 Å². The molecule has 7 heteroatoms. The Kier molecular flexibility index (Phi) is 4.53. The van der Waals surface area contributed by atoms with Gasteiger partial charge >= 0.3 is 0 Å². The van der Waals surface area contributed by atoms with Crippen LogP contribution in [0, 0.1) is 12.8 Å². The summed E-state index contributed by atoms with van der Waals surface area (Å²) in [5.41, 5.74) is 4.20. The topological polar surface area (TPSA) is 95.8 Å². The Labute approximate surface area is 157 Å². The van der Waals surface area contributed by atoms with Gasteiger partial charge in [-0.3, -0.25) is 14.6 Å². The molecule has 1 aliphatic rings. The van der Waals surface area contributed by atoms with Gasteiger partial charge in [0, 0.05) is 24.4 Å². The first-order valence-corrected chi connectivity index (χ1v) is 9.09. The third kappa shape index (κ3) is 3.50. The molecule has 1 amide bonds. The van der Waals surface area contributed by atoms with Gasteiger partial charge in [0.05, 0.1) is 35.8 Å². The maximum Gasteiger partial charge on any atom is 0.255 e. The fraction of sp³-hybridized carbons (Fsp3) is 0.350. The molecule has 1 fully saturated rings. The molecule has 0 radical (unpaired) electrons. The van der Waals surface area contributed by atoms with Crippen LogP contribution in [0.4, 0.5) is 0 Å². The number of hydrogen-bond donors (Lipinski definition) is 3. The predicted molar refractivity (Wildman–Crippen MR) is 101 cm³/mol. The molecule has 1 aromatic carbocycles. The molecule has 1 saturated carbocycles. The second-order valence-corrected chi connectivity index (χ2v) is 7.31. The minimum atomic E-state index is -0.289. The highest BCUT2D eigenvalue weighted by Gasteiger charge is 2.36. The van der Waals surface area contributed by atoms with E-state index in [-0.39, 0.29) is 24.0 Å². The van der Waals surface area contributed by atoms with Gasteiger partial charge in [0.25, 0.3) is 5.91 Å². The van der Waals surface area contributed by atoms with Gasteiger partial charge in [-0.1, -0.05) is 23.8 Å². The third-order valence-electron chi connectivity index (χ3n) is 5.18. The molecular weight excluding hydrogens is 342 g/mol. The van der Waals surface area contributed by atoms with Gasteiger partial charge < -0.3 is 10.4 Å². The van der Waals surface area contributed by atoms with Gasteiger partial charge in [-0.25, -0.2) is 0 Å². The van der Waals surface area contributed by atoms with E-state index in [1.54, 1.807) is 17.1 Å². The molecule has 3 N–H and O–H groups in total. The number of hydrogen-bond acceptors (Lipinski definition) is 4. The lowest BCUT2D eigenvalue weighted by atomic mass is 9.75. The first-order valence-electron chi connectivity index (χ1n) is 9.09. The third-order valence-corrected chi connectivity index (χ3v) is 5.18. The second kappa shape index (κ2) is 7.00. The lowest BCUT2D eigenvalue weighted by Crippen LogP contribution is -2.41. The van der Waals surface area contributed by atoms with E-state index < -0.39 is 0 Å². The predicted octanol–water partition coefficient (Wildman–Crippen LogP) is 2.36. The molecule has 2 heterocycles. The van der Waals surface area contributed by atoms with Crippen molar-refractivity contribution in [2.24, 2.45) is 13.0 Å². The summed E-state index contributed by atoms with van der Waals surface area (Å²) in [6.45, 7) is 2.01. The van der Waals surface area contributed by atoms with Crippen LogP contribution in [0.25, 0.3) is 11.3 Å². The van der Waals surface area contributed by atoms with E-state index in [2.05, 4.69) is 20.6 Å². The van der Waals surface area contributed by atoms with Crippen LogP contribution in [0.3, 0.4) is 0 Å². The molecule has 0 aliphatic heterocycles. The normalized spacial score (nSPS) is 20.1. The van der Waals surface area contributed by atoms with Gasteiger partial charge in [0.2, 0.25) is 0 Å². The quantitative estimate of drug-likeness (QED) is 0.647. The Morgan fingerprint density at radius 2 is 2.19 bits per heavy atom. The molecular formula is C20H23N5O2. The first kappa shape index (κ1) is 17.5. The van der Waals surface area contributed by atoms with E-state index in [9.17, 15) is 9.90 Å². The Morgan fingerprint density at radius 3 is 2.85 bits per heavy atom. The number of benzene rings is 1. The van der Waals surface area contributed by atoms with Crippen LogP contribution < -0.4 is 5.32 Å². The molecule has 4 rings (SSSR count). The van der Waals surface area contributed by atoms with Gasteiger partial charge in [-0.15, -0.1) is 0 Å². The maximum atomic E-state index is 13.0. The Morgan fingerprint density at radius 1 is 1.37 bits per heavy atom. The molecule has 0 bridgehead atoms. The Bertz CT molecular complexity index is 955. The van der Waals surface area contributed by atoms with Crippen LogP contribution >= 0.6 is 0 Å². The molecule has 0 unspecified atom stereocenters. The number of carbonyl (C=O) groups is 1. The van der Waals surface area contributed by atoms with Crippen LogP contribution in [0.5, 0.6) is 0 Å². The number of H-pyrrole nitrogens is 1. The Balaban J connectivity index is 1.60. The average molecular weight is 365 g/mol. The second-order valence-electron chi connectivity index (χ2n) is 7.31. The maximum absolute atomic E-state index is 13.0. The number of amides is 1. The fourth-order valence-corrected chi connectivity index (χ4v) is 3.67. The summed E-state index contributed by atoms with van der Waals surface area (Å²) in [4.78, 5) is 13.0. The van der Waals surface area contributed by atoms with Crippen LogP contribution in [-0.4, -0.2) is 37.1 Å². The summed E-state index contributed by atoms with van der Waals surface area (Å²) in [7, 11) is 1.85. The highest BCUT2D eigenvalue weighted by Crippen LogP contribution is 2.38. The van der Waals surface area contributed by atoms with Gasteiger partial charge in [0.1, 0.15) is 0 Å². The number of aliphatic hydroxyl groups excluding tert-OH is 1. The van der Waals surface area contributed by atoms with E-state index >= 15 is 0 Å². The highest BCUT2D eigenvalue weighted by molar-refractivity contribution is 6.00. The summed E-state index contributed by atoms with van der Waals surface area (Å²) < 4.78 is 1.72. The van der Waals surface area contributed by atoms with Crippen molar-refractivity contribution in [3.8, 4) is 11.3 Å². The van der Waals surface area contributed by atoms with Crippen molar-refractivity contribution in [3.05, 3.63) is 59.5 Å². The van der Waals surface area contributed by atoms with E-state index in [1.807, 2.05) is 44.4 Å². The standard InChI is InChI=1S/C20H23N5O2/c1-12-4-3-5-13(6-12)19-17(10-21-24-19)20(27)23-18(14-7-16(26)8-14)15-9-22-25(2)11-15/h3-6,9-11,14,16,18,26H,7-8H2,1-2H3,(H,21,24)(H,23,27)/t14?,16?,18-/m1/s1. The lowest BCUT2D eigenvalue weighted by molar-refractivity contribution is 0.0235. The zero-order chi connectivity index (χ0) is 19.0. The number of aromatic amines is 1. The van der Waals surface area contributed by atoms with Crippen molar-refractivity contribution in [1.29, 1.82) is 0 Å². The number of aliphatic hydroxyl groups is 1. The zero-order valence-corrected chi connectivity index (χ0v) is 15.4. The number of nitrogens with zero attached hydrogens (tertiary/aromatic N) is 3. The molecule has 2 aromatic heterocycles. The number of rotatable bonds is 5. The van der Waals surface area contributed by atoms with E-state index in [0.29, 0.717) is 24.1 Å². The molecule has 1 atom stereocenters. The van der Waals surface area contributed by atoms with E-state index in [1.165, 1.54) is 0 Å². The van der Waals surface area contributed by atoms with Crippen LogP contribution in [0.15, 0.2) is 42.9 Å². The average Bonchev–Trinajstić information content (AvgIpc) is 3.26. The summed E-state index contributed by atoms with van der Waals surface area (Å²) in [6, 6.07) is 7.76. The number of aryl methyl sites for hydroxylation is 2. The number of nitrogens with one attached hydrogen (secondary N) is 2. The minimum absolute atomic E-state index is 0.185. The summed E-state index contributed by atoms with van der Waals surface area (Å²) in [5.74, 6) is 0.0120. The molecule has 7 nitrogen and oxygen atoms in total. The summed E-state index contributed by atoms with van der Waals surface area (Å²) >= 11 is 0. The Hall–Kier alpha value is -2.93. The van der Waals surface area contributed by atoms with E-state index in [4.69, 9.17) is 0 Å². The van der Waals surface area contributed by atoms with Crippen molar-refractivity contribution in [3.63, 3.8) is 0 Å². The lowest BCUT2D eigenvalue weighted by Gasteiger charge is -2.37. The van der Waals surface area contributed by atoms with Crippen LogP contribution in [0.1, 0.15) is 40.4 Å². The monoisotopic (exact) mass is 365 g/mol. The van der Waals surface area contributed by atoms with Crippen molar-refractivity contribution in [1.82, 2.24) is 25.3 Å². The molecule has 140 valence electrons. The van der Waals surface area contributed by atoms with E-state index in [0.717, 1.165) is 16.7 Å². The van der Waals surface area contributed by atoms with Crippen molar-refractivity contribution in [2.45, 2.75) is 31.9 Å². The van der Waals surface area contributed by atoms with Gasteiger partial charge in [-0.2, -0.15) is 10.2 Å². The smallest absolute Gasteiger partial charge is 0.255 e. The molecule has 27 heavy (non-hydrogen) atoms. The van der Waals surface area contributed by atoms with Gasteiger partial charge in [0.15, 0.2) is 0 Å². The summed E-state index contributed by atoms with van der Waals surface area (Å²) in [6.07, 6.45) is 6.30. The molecule has 3 aromatic rings. The molecule has 0 saturated heterocycles. The number of carbonyl (C=O) groups excluding carboxylic acids is 1. The number of aromatic nitrogens is 4. The minimum Gasteiger partial charge on any atom is -0.393 e. The SMILES string of the molecule is Cc1cccc(-c2[nH]ncc2C(=O)N[C@@H](c2cnn(C)c2)C2CC(O)C2)c1.